The van der Waals surface area contributed by atoms with Gasteiger partial charge in [0, 0.05) is 6.04 Å². The first kappa shape index (κ1) is 5.06. The van der Waals surface area contributed by atoms with E-state index < -0.39 is 0 Å². The zero-order valence-corrected chi connectivity index (χ0v) is 4.44. The molecule has 1 fully saturated rings. The average molecular weight is 100 g/mol. The molecular formula is C5H10NO. The van der Waals surface area contributed by atoms with Gasteiger partial charge in [-0.05, 0) is 18.8 Å². The van der Waals surface area contributed by atoms with Crippen molar-refractivity contribution in [3.8, 4) is 0 Å². The number of hydrogen-bond acceptors (Lipinski definition) is 2. The topological polar surface area (TPSA) is 32.3 Å². The maximum Gasteiger partial charge on any atom is 0.0379 e. The summed E-state index contributed by atoms with van der Waals surface area (Å²) in [6.07, 6.45) is 2.28. The van der Waals surface area contributed by atoms with Gasteiger partial charge in [0.2, 0.25) is 0 Å². The molecule has 0 spiro atoms. The first-order valence-corrected chi connectivity index (χ1v) is 2.56. The van der Waals surface area contributed by atoms with Crippen molar-refractivity contribution in [3.63, 3.8) is 0 Å². The van der Waals surface area contributed by atoms with Crippen LogP contribution in [0.15, 0.2) is 0 Å². The predicted molar refractivity (Wildman–Crippen MR) is 26.9 cm³/mol. The Labute approximate surface area is 43.5 Å². The average Bonchev–Trinajstić information content (AvgIpc) is 1.65. The highest BCUT2D eigenvalue weighted by Gasteiger charge is 2.25. The van der Waals surface area contributed by atoms with Crippen LogP contribution in [0.5, 0.6) is 0 Å². The second-order valence-corrected chi connectivity index (χ2v) is 2.07. The largest absolute Gasteiger partial charge is 0.317 e. The molecule has 7 heavy (non-hydrogen) atoms. The molecule has 1 radical (unpaired) electrons. The normalized spacial score (nSPS) is 32.6. The molecule has 1 saturated carbocycles. The van der Waals surface area contributed by atoms with E-state index in [1.165, 1.54) is 12.3 Å². The maximum atomic E-state index is 8.29. The van der Waals surface area contributed by atoms with Crippen molar-refractivity contribution in [1.29, 1.82) is 0 Å². The molecule has 1 aliphatic carbocycles. The number of hydrogen-bond donors (Lipinski definition) is 2. The van der Waals surface area contributed by atoms with Gasteiger partial charge in [-0.1, -0.05) is 6.92 Å². The van der Waals surface area contributed by atoms with Crippen LogP contribution < -0.4 is 5.48 Å². The first-order valence-electron chi connectivity index (χ1n) is 2.56. The summed E-state index contributed by atoms with van der Waals surface area (Å²) in [7, 11) is 0. The molecule has 0 aliphatic heterocycles. The number of nitrogens with one attached hydrogen (secondary N) is 1. The van der Waals surface area contributed by atoms with Gasteiger partial charge >= 0.3 is 0 Å². The molecule has 1 unspecified atom stereocenters. The Morgan fingerprint density at radius 3 is 2.57 bits per heavy atom. The summed E-state index contributed by atoms with van der Waals surface area (Å²) in [5, 5.41) is 8.29. The van der Waals surface area contributed by atoms with E-state index in [1.54, 1.807) is 0 Å². The van der Waals surface area contributed by atoms with Crippen LogP contribution >= 0.6 is 0 Å². The minimum absolute atomic E-state index is 0.306. The molecule has 2 N–H and O–H groups in total. The zero-order valence-electron chi connectivity index (χ0n) is 4.44. The molecular weight excluding hydrogens is 90.1 g/mol. The fourth-order valence-corrected chi connectivity index (χ4v) is 0.752. The van der Waals surface area contributed by atoms with E-state index in [9.17, 15) is 0 Å². The van der Waals surface area contributed by atoms with Gasteiger partial charge in [0.15, 0.2) is 0 Å². The van der Waals surface area contributed by atoms with E-state index in [1.807, 2.05) is 0 Å². The summed E-state index contributed by atoms with van der Waals surface area (Å²) < 4.78 is 0. The SMILES string of the molecule is C[C]1CCC1NO. The van der Waals surface area contributed by atoms with Gasteiger partial charge in [-0.15, -0.1) is 0 Å². The monoisotopic (exact) mass is 100 g/mol. The highest BCUT2D eigenvalue weighted by molar-refractivity contribution is 5.05. The smallest absolute Gasteiger partial charge is 0.0379 e. The van der Waals surface area contributed by atoms with Crippen LogP contribution in [-0.2, 0) is 0 Å². The van der Waals surface area contributed by atoms with Crippen molar-refractivity contribution in [3.05, 3.63) is 5.92 Å². The molecule has 0 amide bonds. The molecule has 0 aromatic carbocycles. The third-order valence-corrected chi connectivity index (χ3v) is 1.58. The van der Waals surface area contributed by atoms with Crippen LogP contribution in [-0.4, -0.2) is 11.2 Å². The fraction of sp³-hybridized carbons (Fsp3) is 0.800. The molecule has 1 aliphatic rings. The molecule has 0 aromatic heterocycles. The number of hydroxylamine groups is 1. The Morgan fingerprint density at radius 2 is 2.57 bits per heavy atom. The van der Waals surface area contributed by atoms with E-state index in [-0.39, 0.29) is 0 Å². The highest BCUT2D eigenvalue weighted by Crippen LogP contribution is 2.27. The van der Waals surface area contributed by atoms with Gasteiger partial charge in [0.05, 0.1) is 0 Å². The van der Waals surface area contributed by atoms with Crippen LogP contribution in [0, 0.1) is 5.92 Å². The Morgan fingerprint density at radius 1 is 1.86 bits per heavy atom. The maximum absolute atomic E-state index is 8.29. The summed E-state index contributed by atoms with van der Waals surface area (Å²) in [6, 6.07) is 0.306. The molecule has 2 heteroatoms. The van der Waals surface area contributed by atoms with E-state index in [0.29, 0.717) is 6.04 Å². The quantitative estimate of drug-likeness (QED) is 0.476. The van der Waals surface area contributed by atoms with Gasteiger partial charge < -0.3 is 5.21 Å². The Hall–Kier alpha value is -0.0800. The lowest BCUT2D eigenvalue weighted by Gasteiger charge is -2.31. The molecule has 0 bridgehead atoms. The minimum Gasteiger partial charge on any atom is -0.317 e. The van der Waals surface area contributed by atoms with Crippen LogP contribution in [0.4, 0.5) is 0 Å². The summed E-state index contributed by atoms with van der Waals surface area (Å²) in [5.74, 6) is 1.36. The molecule has 0 heterocycles. The van der Waals surface area contributed by atoms with Crippen molar-refractivity contribution in [2.45, 2.75) is 25.8 Å². The van der Waals surface area contributed by atoms with E-state index in [0.717, 1.165) is 6.42 Å². The van der Waals surface area contributed by atoms with Crippen molar-refractivity contribution in [1.82, 2.24) is 5.48 Å². The zero-order chi connectivity index (χ0) is 5.28. The standard InChI is InChI=1S/C5H10NO/c1-4-2-3-5(4)6-7/h5-7H,2-3H2,1H3. The van der Waals surface area contributed by atoms with Crippen LogP contribution in [0.2, 0.25) is 0 Å². The lowest BCUT2D eigenvalue weighted by molar-refractivity contribution is 0.104. The third kappa shape index (κ3) is 0.763. The summed E-state index contributed by atoms with van der Waals surface area (Å²) in [5.41, 5.74) is 2.21. The number of rotatable bonds is 1. The third-order valence-electron chi connectivity index (χ3n) is 1.58. The Balaban J connectivity index is 2.16. The van der Waals surface area contributed by atoms with Gasteiger partial charge in [-0.25, -0.2) is 5.48 Å². The van der Waals surface area contributed by atoms with E-state index in [2.05, 4.69) is 12.4 Å². The Bertz CT molecular complexity index is 63.1. The lowest BCUT2D eigenvalue weighted by atomic mass is 9.82. The van der Waals surface area contributed by atoms with Crippen molar-refractivity contribution < 1.29 is 5.21 Å². The highest BCUT2D eigenvalue weighted by atomic mass is 16.5. The molecule has 2 nitrogen and oxygen atoms in total. The van der Waals surface area contributed by atoms with Crippen LogP contribution in [0.25, 0.3) is 0 Å². The first-order chi connectivity index (χ1) is 3.34. The minimum atomic E-state index is 0.306. The molecule has 41 valence electrons. The van der Waals surface area contributed by atoms with Gasteiger partial charge in [-0.3, -0.25) is 0 Å². The summed E-state index contributed by atoms with van der Waals surface area (Å²) >= 11 is 0. The van der Waals surface area contributed by atoms with Gasteiger partial charge in [0.25, 0.3) is 0 Å². The molecule has 0 saturated heterocycles. The van der Waals surface area contributed by atoms with Crippen molar-refractivity contribution in [2.75, 3.05) is 0 Å². The lowest BCUT2D eigenvalue weighted by Crippen LogP contribution is -2.38. The molecule has 1 atom stereocenters. The van der Waals surface area contributed by atoms with Gasteiger partial charge in [0.1, 0.15) is 0 Å². The predicted octanol–water partition coefficient (Wildman–Crippen LogP) is 0.722. The van der Waals surface area contributed by atoms with Crippen molar-refractivity contribution >= 4 is 0 Å². The molecule has 1 rings (SSSR count). The van der Waals surface area contributed by atoms with Crippen LogP contribution in [0.3, 0.4) is 0 Å². The second-order valence-electron chi connectivity index (χ2n) is 2.07. The summed E-state index contributed by atoms with van der Waals surface area (Å²) in [4.78, 5) is 0. The second kappa shape index (κ2) is 1.80. The van der Waals surface area contributed by atoms with Crippen LogP contribution in [0.1, 0.15) is 19.8 Å². The summed E-state index contributed by atoms with van der Waals surface area (Å²) in [6.45, 7) is 2.05. The van der Waals surface area contributed by atoms with Crippen molar-refractivity contribution in [2.24, 2.45) is 0 Å². The Kier molecular flexibility index (Phi) is 1.30. The fourth-order valence-electron chi connectivity index (χ4n) is 0.752. The van der Waals surface area contributed by atoms with E-state index in [4.69, 9.17) is 5.21 Å². The van der Waals surface area contributed by atoms with E-state index >= 15 is 0 Å². The van der Waals surface area contributed by atoms with Gasteiger partial charge in [-0.2, -0.15) is 0 Å². The molecule has 0 aromatic rings.